The molecule has 2 rings (SSSR count). The van der Waals surface area contributed by atoms with E-state index >= 15 is 0 Å². The molecule has 1 N–H and O–H groups in total. The minimum absolute atomic E-state index is 0.219. The first-order valence-electron chi connectivity index (χ1n) is 7.42. The van der Waals surface area contributed by atoms with Crippen molar-refractivity contribution in [1.29, 1.82) is 0 Å². The van der Waals surface area contributed by atoms with Crippen LogP contribution in [0.3, 0.4) is 0 Å². The largest absolute Gasteiger partial charge is 0.311 e. The van der Waals surface area contributed by atoms with Gasteiger partial charge in [0, 0.05) is 50.0 Å². The van der Waals surface area contributed by atoms with E-state index in [-0.39, 0.29) is 5.54 Å². The SMILES string of the molecule is Cn1nccc1CCN1CCCC1CNC(C)(C)C. The fourth-order valence-electron chi connectivity index (χ4n) is 2.75. The zero-order chi connectivity index (χ0) is 13.9. The summed E-state index contributed by atoms with van der Waals surface area (Å²) < 4.78 is 1.98. The van der Waals surface area contributed by atoms with Gasteiger partial charge in [-0.1, -0.05) is 0 Å². The van der Waals surface area contributed by atoms with Gasteiger partial charge in [-0.3, -0.25) is 9.58 Å². The quantitative estimate of drug-likeness (QED) is 0.880. The number of hydrogen-bond donors (Lipinski definition) is 1. The summed E-state index contributed by atoms with van der Waals surface area (Å²) in [4.78, 5) is 2.63. The molecule has 1 saturated heterocycles. The topological polar surface area (TPSA) is 33.1 Å². The lowest BCUT2D eigenvalue weighted by atomic mass is 10.1. The Morgan fingerprint density at radius 3 is 2.84 bits per heavy atom. The Morgan fingerprint density at radius 2 is 2.21 bits per heavy atom. The van der Waals surface area contributed by atoms with Crippen molar-refractivity contribution in [3.63, 3.8) is 0 Å². The maximum Gasteiger partial charge on any atom is 0.0492 e. The molecule has 0 bridgehead atoms. The van der Waals surface area contributed by atoms with Crippen molar-refractivity contribution in [2.75, 3.05) is 19.6 Å². The Hall–Kier alpha value is -0.870. The van der Waals surface area contributed by atoms with E-state index in [2.05, 4.69) is 42.2 Å². The molecule has 0 aromatic carbocycles. The Bertz CT molecular complexity index is 391. The average molecular weight is 264 g/mol. The summed E-state index contributed by atoms with van der Waals surface area (Å²) in [5.74, 6) is 0. The van der Waals surface area contributed by atoms with Crippen molar-refractivity contribution in [2.45, 2.75) is 51.6 Å². The molecule has 4 nitrogen and oxygen atoms in total. The van der Waals surface area contributed by atoms with Gasteiger partial charge in [-0.05, 0) is 46.2 Å². The second-order valence-electron chi connectivity index (χ2n) is 6.66. The van der Waals surface area contributed by atoms with Crippen LogP contribution in [0.4, 0.5) is 0 Å². The maximum absolute atomic E-state index is 4.24. The Balaban J connectivity index is 1.80. The molecule has 0 spiro atoms. The minimum Gasteiger partial charge on any atom is -0.311 e. The summed E-state index contributed by atoms with van der Waals surface area (Å²) in [6.07, 6.45) is 5.65. The normalized spacial score (nSPS) is 21.2. The number of likely N-dealkylation sites (tertiary alicyclic amines) is 1. The van der Waals surface area contributed by atoms with E-state index in [1.807, 2.05) is 17.9 Å². The number of nitrogens with one attached hydrogen (secondary N) is 1. The van der Waals surface area contributed by atoms with Gasteiger partial charge in [0.1, 0.15) is 0 Å². The van der Waals surface area contributed by atoms with Gasteiger partial charge in [0.25, 0.3) is 0 Å². The highest BCUT2D eigenvalue weighted by Crippen LogP contribution is 2.17. The molecule has 1 fully saturated rings. The van der Waals surface area contributed by atoms with Gasteiger partial charge in [0.2, 0.25) is 0 Å². The summed E-state index contributed by atoms with van der Waals surface area (Å²) in [7, 11) is 2.03. The van der Waals surface area contributed by atoms with E-state index < -0.39 is 0 Å². The van der Waals surface area contributed by atoms with Crippen molar-refractivity contribution in [3.05, 3.63) is 18.0 Å². The predicted octanol–water partition coefficient (Wildman–Crippen LogP) is 1.82. The van der Waals surface area contributed by atoms with Crippen molar-refractivity contribution < 1.29 is 0 Å². The highest BCUT2D eigenvalue weighted by molar-refractivity contribution is 5.01. The molecule has 1 aliphatic rings. The first-order valence-corrected chi connectivity index (χ1v) is 7.42. The molecule has 1 unspecified atom stereocenters. The summed E-state index contributed by atoms with van der Waals surface area (Å²) in [5, 5.41) is 7.87. The minimum atomic E-state index is 0.219. The van der Waals surface area contributed by atoms with E-state index in [0.717, 1.165) is 19.5 Å². The van der Waals surface area contributed by atoms with Gasteiger partial charge in [-0.15, -0.1) is 0 Å². The van der Waals surface area contributed by atoms with Gasteiger partial charge in [-0.2, -0.15) is 5.10 Å². The molecule has 4 heteroatoms. The summed E-state index contributed by atoms with van der Waals surface area (Å²) in [6, 6.07) is 2.82. The van der Waals surface area contributed by atoms with Crippen LogP contribution in [0.2, 0.25) is 0 Å². The molecule has 1 aromatic heterocycles. The molecule has 0 radical (unpaired) electrons. The van der Waals surface area contributed by atoms with Crippen LogP contribution in [-0.2, 0) is 13.5 Å². The Morgan fingerprint density at radius 1 is 1.42 bits per heavy atom. The first kappa shape index (κ1) is 14.5. The average Bonchev–Trinajstić information content (AvgIpc) is 2.91. The van der Waals surface area contributed by atoms with Crippen LogP contribution >= 0.6 is 0 Å². The van der Waals surface area contributed by atoms with Crippen LogP contribution in [0.15, 0.2) is 12.3 Å². The lowest BCUT2D eigenvalue weighted by Crippen LogP contribution is -2.45. The van der Waals surface area contributed by atoms with Crippen LogP contribution in [0.5, 0.6) is 0 Å². The standard InChI is InChI=1S/C15H28N4/c1-15(2,3)16-12-14-6-5-10-19(14)11-8-13-7-9-17-18(13)4/h7,9,14,16H,5-6,8,10-12H2,1-4H3. The molecule has 1 atom stereocenters. The van der Waals surface area contributed by atoms with Crippen LogP contribution in [0, 0.1) is 0 Å². The van der Waals surface area contributed by atoms with Crippen LogP contribution < -0.4 is 5.32 Å². The van der Waals surface area contributed by atoms with E-state index in [1.165, 1.54) is 25.1 Å². The number of rotatable bonds is 5. The van der Waals surface area contributed by atoms with E-state index in [4.69, 9.17) is 0 Å². The lowest BCUT2D eigenvalue weighted by molar-refractivity contribution is 0.234. The fraction of sp³-hybridized carbons (Fsp3) is 0.800. The molecule has 0 amide bonds. The molecule has 1 aliphatic heterocycles. The van der Waals surface area contributed by atoms with Gasteiger partial charge >= 0.3 is 0 Å². The van der Waals surface area contributed by atoms with Crippen LogP contribution in [-0.4, -0.2) is 45.9 Å². The van der Waals surface area contributed by atoms with Crippen molar-refractivity contribution >= 4 is 0 Å². The monoisotopic (exact) mass is 264 g/mol. The van der Waals surface area contributed by atoms with Gasteiger partial charge in [0.05, 0.1) is 0 Å². The number of aromatic nitrogens is 2. The first-order chi connectivity index (χ1) is 8.96. The zero-order valence-corrected chi connectivity index (χ0v) is 12.8. The zero-order valence-electron chi connectivity index (χ0n) is 12.8. The third kappa shape index (κ3) is 4.32. The third-order valence-corrected chi connectivity index (χ3v) is 3.94. The van der Waals surface area contributed by atoms with Crippen molar-refractivity contribution in [1.82, 2.24) is 20.0 Å². The summed E-state index contributed by atoms with van der Waals surface area (Å²) in [5.41, 5.74) is 1.55. The molecule has 108 valence electrons. The molecular weight excluding hydrogens is 236 g/mol. The van der Waals surface area contributed by atoms with E-state index in [0.29, 0.717) is 6.04 Å². The second kappa shape index (κ2) is 6.06. The Labute approximate surface area is 117 Å². The molecular formula is C15H28N4. The number of hydrogen-bond acceptors (Lipinski definition) is 3. The Kier molecular flexibility index (Phi) is 4.63. The fourth-order valence-corrected chi connectivity index (χ4v) is 2.75. The molecule has 1 aromatic rings. The predicted molar refractivity (Wildman–Crippen MR) is 79.3 cm³/mol. The van der Waals surface area contributed by atoms with Crippen molar-refractivity contribution in [3.8, 4) is 0 Å². The van der Waals surface area contributed by atoms with Gasteiger partial charge in [0.15, 0.2) is 0 Å². The van der Waals surface area contributed by atoms with Crippen LogP contribution in [0.1, 0.15) is 39.3 Å². The number of nitrogens with zero attached hydrogens (tertiary/aromatic N) is 3. The molecule has 0 aliphatic carbocycles. The smallest absolute Gasteiger partial charge is 0.0492 e. The number of aryl methyl sites for hydroxylation is 1. The van der Waals surface area contributed by atoms with Gasteiger partial charge < -0.3 is 5.32 Å². The maximum atomic E-state index is 4.24. The van der Waals surface area contributed by atoms with E-state index in [1.54, 1.807) is 0 Å². The lowest BCUT2D eigenvalue weighted by Gasteiger charge is -2.29. The molecule has 0 saturated carbocycles. The highest BCUT2D eigenvalue weighted by atomic mass is 15.3. The van der Waals surface area contributed by atoms with Gasteiger partial charge in [-0.25, -0.2) is 0 Å². The molecule has 19 heavy (non-hydrogen) atoms. The third-order valence-electron chi connectivity index (χ3n) is 3.94. The second-order valence-corrected chi connectivity index (χ2v) is 6.66. The van der Waals surface area contributed by atoms with Crippen LogP contribution in [0.25, 0.3) is 0 Å². The summed E-state index contributed by atoms with van der Waals surface area (Å²) >= 11 is 0. The van der Waals surface area contributed by atoms with Crippen molar-refractivity contribution in [2.24, 2.45) is 7.05 Å². The molecule has 2 heterocycles. The highest BCUT2D eigenvalue weighted by Gasteiger charge is 2.25. The van der Waals surface area contributed by atoms with E-state index in [9.17, 15) is 0 Å². The summed E-state index contributed by atoms with van der Waals surface area (Å²) in [6.45, 7) is 10.2.